The molecule has 0 radical (unpaired) electrons. The predicted molar refractivity (Wildman–Crippen MR) is 103 cm³/mol. The third-order valence-electron chi connectivity index (χ3n) is 3.97. The van der Waals surface area contributed by atoms with Gasteiger partial charge in [-0.2, -0.15) is 0 Å². The molecule has 0 atom stereocenters. The molecule has 0 aliphatic rings. The first-order valence-electron chi connectivity index (χ1n) is 8.94. The first-order chi connectivity index (χ1) is 12.5. The van der Waals surface area contributed by atoms with Crippen molar-refractivity contribution in [3.05, 3.63) is 53.5 Å². The Balaban J connectivity index is 2.15. The Labute approximate surface area is 155 Å². The fourth-order valence-corrected chi connectivity index (χ4v) is 2.62. The zero-order valence-electron chi connectivity index (χ0n) is 16.0. The number of aromatic nitrogens is 2. The molecule has 2 rings (SSSR count). The molecule has 2 aromatic rings. The molecule has 1 aromatic carbocycles. The standard InChI is InChI=1S/C20H28N4O2/c1-15(2)24(14-17-9-6-5-7-10-17)20(25)18-13-19(23-16(3)22-18)21-11-8-12-26-4/h5-7,9-10,13,15H,8,11-12,14H2,1-4H3,(H,21,22,23). The number of benzene rings is 1. The monoisotopic (exact) mass is 356 g/mol. The van der Waals surface area contributed by atoms with Gasteiger partial charge >= 0.3 is 0 Å². The molecule has 0 aliphatic heterocycles. The fourth-order valence-electron chi connectivity index (χ4n) is 2.62. The number of amides is 1. The van der Waals surface area contributed by atoms with Gasteiger partial charge in [0.2, 0.25) is 0 Å². The molecule has 6 nitrogen and oxygen atoms in total. The Bertz CT molecular complexity index is 704. The number of carbonyl (C=O) groups is 1. The summed E-state index contributed by atoms with van der Waals surface area (Å²) in [5, 5.41) is 3.23. The van der Waals surface area contributed by atoms with Gasteiger partial charge in [0.1, 0.15) is 17.3 Å². The Hall–Kier alpha value is -2.47. The second kappa shape index (κ2) is 9.87. The summed E-state index contributed by atoms with van der Waals surface area (Å²) in [7, 11) is 1.68. The van der Waals surface area contributed by atoms with E-state index in [0.717, 1.165) is 18.5 Å². The van der Waals surface area contributed by atoms with Gasteiger partial charge < -0.3 is 15.0 Å². The first-order valence-corrected chi connectivity index (χ1v) is 8.94. The maximum Gasteiger partial charge on any atom is 0.273 e. The summed E-state index contributed by atoms with van der Waals surface area (Å²) in [5.74, 6) is 1.16. The molecule has 1 aromatic heterocycles. The molecule has 140 valence electrons. The summed E-state index contributed by atoms with van der Waals surface area (Å²) in [5.41, 5.74) is 1.51. The molecule has 0 saturated heterocycles. The SMILES string of the molecule is COCCCNc1cc(C(=O)N(Cc2ccccc2)C(C)C)nc(C)n1. The third-order valence-corrected chi connectivity index (χ3v) is 3.97. The van der Waals surface area contributed by atoms with Crippen LogP contribution in [0.3, 0.4) is 0 Å². The average molecular weight is 356 g/mol. The Morgan fingerprint density at radius 3 is 2.62 bits per heavy atom. The van der Waals surface area contributed by atoms with Gasteiger partial charge in [-0.25, -0.2) is 9.97 Å². The van der Waals surface area contributed by atoms with Crippen LogP contribution in [0.15, 0.2) is 36.4 Å². The molecule has 0 fully saturated rings. The smallest absolute Gasteiger partial charge is 0.273 e. The summed E-state index contributed by atoms with van der Waals surface area (Å²) in [6.07, 6.45) is 0.870. The van der Waals surface area contributed by atoms with Crippen LogP contribution in [-0.2, 0) is 11.3 Å². The minimum Gasteiger partial charge on any atom is -0.385 e. The quantitative estimate of drug-likeness (QED) is 0.699. The van der Waals surface area contributed by atoms with Crippen molar-refractivity contribution in [3.63, 3.8) is 0 Å². The van der Waals surface area contributed by atoms with Crippen LogP contribution in [0.4, 0.5) is 5.82 Å². The van der Waals surface area contributed by atoms with Crippen molar-refractivity contribution in [2.75, 3.05) is 25.6 Å². The first kappa shape index (κ1) is 19.8. The number of carbonyl (C=O) groups excluding carboxylic acids is 1. The maximum absolute atomic E-state index is 13.1. The number of hydrogen-bond donors (Lipinski definition) is 1. The highest BCUT2D eigenvalue weighted by Gasteiger charge is 2.21. The lowest BCUT2D eigenvalue weighted by atomic mass is 10.1. The van der Waals surface area contributed by atoms with Gasteiger partial charge in [-0.1, -0.05) is 30.3 Å². The average Bonchev–Trinajstić information content (AvgIpc) is 2.63. The number of nitrogens with zero attached hydrogens (tertiary/aromatic N) is 3. The minimum absolute atomic E-state index is 0.0658. The van der Waals surface area contributed by atoms with E-state index in [-0.39, 0.29) is 11.9 Å². The van der Waals surface area contributed by atoms with E-state index in [1.54, 1.807) is 20.1 Å². The predicted octanol–water partition coefficient (Wildman–Crippen LogP) is 3.28. The van der Waals surface area contributed by atoms with E-state index in [1.165, 1.54) is 0 Å². The lowest BCUT2D eigenvalue weighted by Gasteiger charge is -2.26. The summed E-state index contributed by atoms with van der Waals surface area (Å²) >= 11 is 0. The van der Waals surface area contributed by atoms with Gasteiger partial charge in [0, 0.05) is 38.9 Å². The number of rotatable bonds is 9. The molecule has 0 saturated carbocycles. The van der Waals surface area contributed by atoms with E-state index in [2.05, 4.69) is 15.3 Å². The van der Waals surface area contributed by atoms with Crippen LogP contribution in [0.1, 0.15) is 42.1 Å². The summed E-state index contributed by atoms with van der Waals surface area (Å²) in [4.78, 5) is 23.6. The maximum atomic E-state index is 13.1. The van der Waals surface area contributed by atoms with Gasteiger partial charge in [-0.05, 0) is 32.8 Å². The summed E-state index contributed by atoms with van der Waals surface area (Å²) < 4.78 is 5.05. The number of ether oxygens (including phenoxy) is 1. The van der Waals surface area contributed by atoms with Crippen LogP contribution in [0.2, 0.25) is 0 Å². The molecule has 0 aliphatic carbocycles. The molecule has 26 heavy (non-hydrogen) atoms. The van der Waals surface area contributed by atoms with Crippen molar-refractivity contribution in [2.45, 2.75) is 39.8 Å². The number of anilines is 1. The molecular formula is C20H28N4O2. The molecule has 0 spiro atoms. The molecule has 0 bridgehead atoms. The number of hydrogen-bond acceptors (Lipinski definition) is 5. The van der Waals surface area contributed by atoms with Crippen LogP contribution in [0, 0.1) is 6.92 Å². The molecule has 6 heteroatoms. The van der Waals surface area contributed by atoms with Crippen LogP contribution >= 0.6 is 0 Å². The number of aryl methyl sites for hydroxylation is 1. The van der Waals surface area contributed by atoms with E-state index in [4.69, 9.17) is 4.74 Å². The van der Waals surface area contributed by atoms with E-state index in [1.807, 2.05) is 49.1 Å². The van der Waals surface area contributed by atoms with Crippen LogP contribution < -0.4 is 5.32 Å². The van der Waals surface area contributed by atoms with Gasteiger partial charge in [0.15, 0.2) is 0 Å². The largest absolute Gasteiger partial charge is 0.385 e. The van der Waals surface area contributed by atoms with Crippen molar-refractivity contribution < 1.29 is 9.53 Å². The van der Waals surface area contributed by atoms with Crippen molar-refractivity contribution in [1.29, 1.82) is 0 Å². The third kappa shape index (κ3) is 5.81. The van der Waals surface area contributed by atoms with Crippen molar-refractivity contribution >= 4 is 11.7 Å². The normalized spacial score (nSPS) is 10.8. The second-order valence-electron chi connectivity index (χ2n) is 6.47. The number of nitrogens with one attached hydrogen (secondary N) is 1. The van der Waals surface area contributed by atoms with Crippen LogP contribution in [-0.4, -0.2) is 47.1 Å². The van der Waals surface area contributed by atoms with Crippen LogP contribution in [0.5, 0.6) is 0 Å². The Morgan fingerprint density at radius 2 is 1.96 bits per heavy atom. The van der Waals surface area contributed by atoms with Crippen molar-refractivity contribution in [1.82, 2.24) is 14.9 Å². The van der Waals surface area contributed by atoms with E-state index in [9.17, 15) is 4.79 Å². The van der Waals surface area contributed by atoms with Gasteiger partial charge in [-0.15, -0.1) is 0 Å². The van der Waals surface area contributed by atoms with Gasteiger partial charge in [0.05, 0.1) is 0 Å². The molecular weight excluding hydrogens is 328 g/mol. The molecule has 1 N–H and O–H groups in total. The zero-order chi connectivity index (χ0) is 18.9. The zero-order valence-corrected chi connectivity index (χ0v) is 16.0. The molecule has 1 heterocycles. The highest BCUT2D eigenvalue weighted by Crippen LogP contribution is 2.15. The van der Waals surface area contributed by atoms with Crippen LogP contribution in [0.25, 0.3) is 0 Å². The van der Waals surface area contributed by atoms with Gasteiger partial charge in [0.25, 0.3) is 5.91 Å². The van der Waals surface area contributed by atoms with E-state index in [0.29, 0.717) is 30.5 Å². The topological polar surface area (TPSA) is 67.3 Å². The minimum atomic E-state index is -0.0886. The van der Waals surface area contributed by atoms with Crippen molar-refractivity contribution in [2.24, 2.45) is 0 Å². The number of methoxy groups -OCH3 is 1. The Kier molecular flexibility index (Phi) is 7.53. The summed E-state index contributed by atoms with van der Waals surface area (Å²) in [6.45, 7) is 7.79. The lowest BCUT2D eigenvalue weighted by molar-refractivity contribution is 0.0684. The second-order valence-corrected chi connectivity index (χ2v) is 6.47. The van der Waals surface area contributed by atoms with Crippen molar-refractivity contribution in [3.8, 4) is 0 Å². The molecule has 1 amide bonds. The fraction of sp³-hybridized carbons (Fsp3) is 0.450. The van der Waals surface area contributed by atoms with Gasteiger partial charge in [-0.3, -0.25) is 4.79 Å². The Morgan fingerprint density at radius 1 is 1.23 bits per heavy atom. The van der Waals surface area contributed by atoms with E-state index < -0.39 is 0 Å². The van der Waals surface area contributed by atoms with E-state index >= 15 is 0 Å². The highest BCUT2D eigenvalue weighted by atomic mass is 16.5. The highest BCUT2D eigenvalue weighted by molar-refractivity contribution is 5.93. The molecule has 0 unspecified atom stereocenters. The summed E-state index contributed by atoms with van der Waals surface area (Å²) in [6, 6.07) is 11.8. The lowest BCUT2D eigenvalue weighted by Crippen LogP contribution is -2.37.